The summed E-state index contributed by atoms with van der Waals surface area (Å²) in [4.78, 5) is 26.1. The van der Waals surface area contributed by atoms with Crippen LogP contribution in [-0.4, -0.2) is 41.1 Å². The van der Waals surface area contributed by atoms with Crippen molar-refractivity contribution < 1.29 is 24.2 Å². The Balaban J connectivity index is 0.000000243. The van der Waals surface area contributed by atoms with Crippen LogP contribution >= 0.6 is 11.3 Å². The van der Waals surface area contributed by atoms with Crippen molar-refractivity contribution in [1.29, 1.82) is 0 Å². The number of primary amides is 1. The number of aldehydes is 1. The Kier molecular flexibility index (Phi) is 7.11. The molecule has 0 atom stereocenters. The van der Waals surface area contributed by atoms with Crippen LogP contribution in [0.15, 0.2) is 48.8 Å². The number of rotatable bonds is 6. The maximum absolute atomic E-state index is 11.3. The van der Waals surface area contributed by atoms with E-state index in [0.29, 0.717) is 22.0 Å². The first-order valence-corrected chi connectivity index (χ1v) is 10.5. The van der Waals surface area contributed by atoms with E-state index in [0.717, 1.165) is 40.7 Å². The number of carbonyl (C=O) groups excluding carboxylic acids is 2. The number of fused-ring (bicyclic) bond motifs is 1. The molecule has 4 aromatic rings. The summed E-state index contributed by atoms with van der Waals surface area (Å²) in [5, 5.41) is 10.4. The molecule has 0 saturated carbocycles. The van der Waals surface area contributed by atoms with Gasteiger partial charge >= 0.3 is 0 Å². The highest BCUT2D eigenvalue weighted by atomic mass is 32.1. The minimum atomic E-state index is -0.669. The topological polar surface area (TPSA) is 117 Å². The van der Waals surface area contributed by atoms with Gasteiger partial charge in [-0.25, -0.2) is 4.98 Å². The number of imidazole rings is 1. The first kappa shape index (κ1) is 22.8. The van der Waals surface area contributed by atoms with Crippen molar-refractivity contribution in [2.45, 2.75) is 13.3 Å². The first-order chi connectivity index (χ1) is 15.4. The number of benzene rings is 2. The second-order valence-electron chi connectivity index (χ2n) is 6.64. The number of carbonyl (C=O) groups is 2. The lowest BCUT2D eigenvalue weighted by atomic mass is 10.1. The van der Waals surface area contributed by atoms with Gasteiger partial charge in [0.25, 0.3) is 5.91 Å². The van der Waals surface area contributed by atoms with E-state index in [1.54, 1.807) is 37.2 Å². The maximum atomic E-state index is 11.3. The molecule has 0 fully saturated rings. The van der Waals surface area contributed by atoms with Crippen molar-refractivity contribution in [3.63, 3.8) is 0 Å². The fourth-order valence-corrected chi connectivity index (χ4v) is 4.03. The van der Waals surface area contributed by atoms with Crippen LogP contribution in [0.1, 0.15) is 32.5 Å². The number of hydrogen-bond acceptors (Lipinski definition) is 7. The molecule has 0 aliphatic carbocycles. The summed E-state index contributed by atoms with van der Waals surface area (Å²) < 4.78 is 12.3. The summed E-state index contributed by atoms with van der Waals surface area (Å²) in [6.45, 7) is 2.04. The van der Waals surface area contributed by atoms with Crippen LogP contribution < -0.4 is 15.2 Å². The Labute approximate surface area is 188 Å². The van der Waals surface area contributed by atoms with Gasteiger partial charge in [-0.15, -0.1) is 11.3 Å². The third kappa shape index (κ3) is 4.57. The lowest BCUT2D eigenvalue weighted by Crippen LogP contribution is -2.08. The molecule has 0 bridgehead atoms. The Morgan fingerprint density at radius 2 is 1.88 bits per heavy atom. The Bertz CT molecular complexity index is 1260. The molecule has 9 heteroatoms. The van der Waals surface area contributed by atoms with Crippen LogP contribution in [0.5, 0.6) is 17.2 Å². The zero-order valence-corrected chi connectivity index (χ0v) is 18.7. The monoisotopic (exact) mass is 453 g/mol. The molecule has 32 heavy (non-hydrogen) atoms. The van der Waals surface area contributed by atoms with E-state index >= 15 is 0 Å². The van der Waals surface area contributed by atoms with Gasteiger partial charge in [-0.3, -0.25) is 14.2 Å². The number of thiophene rings is 1. The summed E-state index contributed by atoms with van der Waals surface area (Å²) in [5.41, 5.74) is 8.62. The highest BCUT2D eigenvalue weighted by molar-refractivity contribution is 7.16. The number of nitrogens with two attached hydrogens (primary N) is 1. The average molecular weight is 454 g/mol. The van der Waals surface area contributed by atoms with E-state index in [1.807, 2.05) is 31.2 Å². The molecule has 2 aromatic carbocycles. The van der Waals surface area contributed by atoms with Crippen molar-refractivity contribution in [1.82, 2.24) is 9.55 Å². The lowest BCUT2D eigenvalue weighted by Gasteiger charge is -2.08. The molecule has 0 unspecified atom stereocenters. The number of ether oxygens (including phenoxy) is 2. The van der Waals surface area contributed by atoms with Crippen LogP contribution in [0, 0.1) is 0 Å². The number of aromatic hydroxyl groups is 1. The normalized spacial score (nSPS) is 10.3. The molecule has 2 aromatic heterocycles. The van der Waals surface area contributed by atoms with Crippen LogP contribution in [0.2, 0.25) is 0 Å². The summed E-state index contributed by atoms with van der Waals surface area (Å²) in [7, 11) is 3.10. The molecule has 3 N–H and O–H groups in total. The quantitative estimate of drug-likeness (QED) is 0.427. The minimum Gasteiger partial charge on any atom is -0.506 e. The van der Waals surface area contributed by atoms with Gasteiger partial charge in [0.05, 0.1) is 25.3 Å². The van der Waals surface area contributed by atoms with Gasteiger partial charge in [0, 0.05) is 23.8 Å². The van der Waals surface area contributed by atoms with E-state index in [1.165, 1.54) is 6.07 Å². The van der Waals surface area contributed by atoms with Crippen LogP contribution in [0.25, 0.3) is 16.0 Å². The SMILES string of the molecule is CCc1ccccc1C=O.COc1cc2ncn(-c3cc(O)c(C(N)=O)s3)c2cc1OC. The van der Waals surface area contributed by atoms with Gasteiger partial charge in [0.2, 0.25) is 0 Å². The van der Waals surface area contributed by atoms with Crippen LogP contribution in [-0.2, 0) is 6.42 Å². The van der Waals surface area contributed by atoms with Gasteiger partial charge in [0.15, 0.2) is 11.5 Å². The minimum absolute atomic E-state index is 0.109. The number of aryl methyl sites for hydroxylation is 1. The Morgan fingerprint density at radius 1 is 1.19 bits per heavy atom. The van der Waals surface area contributed by atoms with Crippen molar-refractivity contribution in [2.24, 2.45) is 5.73 Å². The molecule has 1 amide bonds. The molecule has 0 spiro atoms. The summed E-state index contributed by atoms with van der Waals surface area (Å²) in [6, 6.07) is 12.7. The summed E-state index contributed by atoms with van der Waals surface area (Å²) >= 11 is 1.09. The van der Waals surface area contributed by atoms with Gasteiger partial charge in [0.1, 0.15) is 28.2 Å². The highest BCUT2D eigenvalue weighted by Crippen LogP contribution is 2.36. The van der Waals surface area contributed by atoms with Crippen LogP contribution in [0.3, 0.4) is 0 Å². The largest absolute Gasteiger partial charge is 0.506 e. The lowest BCUT2D eigenvalue weighted by molar-refractivity contribution is 0.100. The van der Waals surface area contributed by atoms with E-state index in [9.17, 15) is 14.7 Å². The molecule has 166 valence electrons. The molecule has 0 aliphatic heterocycles. The fraction of sp³-hybridized carbons (Fsp3) is 0.174. The van der Waals surface area contributed by atoms with Crippen molar-refractivity contribution >= 4 is 34.6 Å². The number of amides is 1. The van der Waals surface area contributed by atoms with Gasteiger partial charge in [-0.2, -0.15) is 0 Å². The molecule has 0 aliphatic rings. The van der Waals surface area contributed by atoms with E-state index in [4.69, 9.17) is 15.2 Å². The molecule has 4 rings (SSSR count). The Hall–Kier alpha value is -3.85. The average Bonchev–Trinajstić information content (AvgIpc) is 3.41. The molecule has 0 radical (unpaired) electrons. The highest BCUT2D eigenvalue weighted by Gasteiger charge is 2.17. The molecular formula is C23H23N3O5S. The van der Waals surface area contributed by atoms with E-state index < -0.39 is 5.91 Å². The van der Waals surface area contributed by atoms with Crippen LogP contribution in [0.4, 0.5) is 0 Å². The number of aromatic nitrogens is 2. The molecule has 2 heterocycles. The predicted octanol–water partition coefficient (Wildman–Crippen LogP) is 3.97. The fourth-order valence-electron chi connectivity index (χ4n) is 3.15. The second-order valence-corrected chi connectivity index (χ2v) is 7.67. The van der Waals surface area contributed by atoms with Gasteiger partial charge in [-0.1, -0.05) is 31.2 Å². The maximum Gasteiger partial charge on any atom is 0.262 e. The standard InChI is InChI=1S/C14H13N3O4S.C9H10O/c1-20-10-3-7-8(4-11(10)21-2)17(6-16-7)12-5-9(18)13(22-12)14(15)19;1-2-8-5-3-4-6-9(8)7-10/h3-6,18H,1-2H3,(H2,15,19);3-7H,2H2,1H3. The second kappa shape index (κ2) is 9.97. The Morgan fingerprint density at radius 3 is 2.44 bits per heavy atom. The van der Waals surface area contributed by atoms with Crippen molar-refractivity contribution in [3.8, 4) is 22.2 Å². The summed E-state index contributed by atoms with van der Waals surface area (Å²) in [6.07, 6.45) is 3.42. The zero-order valence-electron chi connectivity index (χ0n) is 17.9. The number of nitrogens with zero attached hydrogens (tertiary/aromatic N) is 2. The van der Waals surface area contributed by atoms with Crippen molar-refractivity contribution in [3.05, 3.63) is 64.8 Å². The third-order valence-corrected chi connectivity index (χ3v) is 5.91. The van der Waals surface area contributed by atoms with Gasteiger partial charge < -0.3 is 20.3 Å². The number of methoxy groups -OCH3 is 2. The molecule has 8 nitrogen and oxygen atoms in total. The molecular weight excluding hydrogens is 430 g/mol. The zero-order chi connectivity index (χ0) is 23.3. The molecule has 0 saturated heterocycles. The van der Waals surface area contributed by atoms with E-state index in [-0.39, 0.29) is 10.6 Å². The smallest absolute Gasteiger partial charge is 0.262 e. The van der Waals surface area contributed by atoms with Crippen molar-refractivity contribution in [2.75, 3.05) is 14.2 Å². The first-order valence-electron chi connectivity index (χ1n) is 9.68. The van der Waals surface area contributed by atoms with E-state index in [2.05, 4.69) is 4.98 Å². The predicted molar refractivity (Wildman–Crippen MR) is 123 cm³/mol. The van der Waals surface area contributed by atoms with Gasteiger partial charge in [-0.05, 0) is 12.0 Å². The number of hydrogen-bond donors (Lipinski definition) is 2. The third-order valence-electron chi connectivity index (χ3n) is 4.78. The summed E-state index contributed by atoms with van der Waals surface area (Å²) in [5.74, 6) is 0.326.